The molecule has 1 heterocycles. The quantitative estimate of drug-likeness (QED) is 0.922. The lowest BCUT2D eigenvalue weighted by Gasteiger charge is -2.08. The molecule has 19 heavy (non-hydrogen) atoms. The summed E-state index contributed by atoms with van der Waals surface area (Å²) in [5, 5.41) is 0. The molecule has 0 bridgehead atoms. The molecule has 2 aromatic rings. The molecule has 100 valence electrons. The first-order chi connectivity index (χ1) is 9.10. The Morgan fingerprint density at radius 1 is 1.16 bits per heavy atom. The Balaban J connectivity index is 2.12. The number of nitrogens with zero attached hydrogens (tertiary/aromatic N) is 1. The molecule has 0 aliphatic carbocycles. The van der Waals surface area contributed by atoms with E-state index in [1.54, 1.807) is 6.20 Å². The van der Waals surface area contributed by atoms with Gasteiger partial charge in [-0.1, -0.05) is 18.7 Å². The lowest BCUT2D eigenvalue weighted by atomic mass is 10.1. The van der Waals surface area contributed by atoms with Crippen LogP contribution in [0.25, 0.3) is 0 Å². The molecule has 5 heteroatoms. The van der Waals surface area contributed by atoms with Crippen LogP contribution in [0.5, 0.6) is 0 Å². The molecule has 0 unspecified atom stereocenters. The Morgan fingerprint density at radius 3 is 2.47 bits per heavy atom. The number of benzene rings is 1. The Morgan fingerprint density at radius 2 is 1.89 bits per heavy atom. The van der Waals surface area contributed by atoms with Gasteiger partial charge in [0.25, 0.3) is 0 Å². The van der Waals surface area contributed by atoms with Crippen LogP contribution >= 0.6 is 11.8 Å². The first-order valence-electron chi connectivity index (χ1n) is 5.94. The molecule has 1 aromatic heterocycles. The molecule has 2 rings (SSSR count). The summed E-state index contributed by atoms with van der Waals surface area (Å²) in [5.41, 5.74) is 6.70. The van der Waals surface area contributed by atoms with Crippen molar-refractivity contribution in [2.45, 2.75) is 29.2 Å². The first-order valence-corrected chi connectivity index (χ1v) is 6.76. The molecule has 2 nitrogen and oxygen atoms in total. The van der Waals surface area contributed by atoms with E-state index in [1.165, 1.54) is 23.9 Å². The Kier molecular flexibility index (Phi) is 4.50. The van der Waals surface area contributed by atoms with Crippen LogP contribution in [0.3, 0.4) is 0 Å². The van der Waals surface area contributed by atoms with Crippen LogP contribution in [0, 0.1) is 11.6 Å². The van der Waals surface area contributed by atoms with Crippen molar-refractivity contribution in [1.29, 1.82) is 0 Å². The summed E-state index contributed by atoms with van der Waals surface area (Å²) in [6.07, 6.45) is 2.51. The van der Waals surface area contributed by atoms with Crippen molar-refractivity contribution in [3.63, 3.8) is 0 Å². The van der Waals surface area contributed by atoms with Gasteiger partial charge in [0, 0.05) is 22.0 Å². The summed E-state index contributed by atoms with van der Waals surface area (Å²) in [5.74, 6) is -1.69. The lowest BCUT2D eigenvalue weighted by Crippen LogP contribution is -2.10. The van der Waals surface area contributed by atoms with Crippen molar-refractivity contribution in [2.24, 2.45) is 5.73 Å². The molecule has 0 fully saturated rings. The molecule has 0 aliphatic heterocycles. The molecular formula is C14H14F2N2S. The van der Waals surface area contributed by atoms with E-state index in [0.717, 1.165) is 23.1 Å². The molecule has 0 saturated carbocycles. The Bertz CT molecular complexity index is 558. The minimum absolute atomic E-state index is 0.0673. The van der Waals surface area contributed by atoms with Gasteiger partial charge in [0.05, 0.1) is 5.69 Å². The highest BCUT2D eigenvalue weighted by Crippen LogP contribution is 2.28. The fraction of sp³-hybridized carbons (Fsp3) is 0.214. The second-order valence-corrected chi connectivity index (χ2v) is 5.26. The summed E-state index contributed by atoms with van der Waals surface area (Å²) < 4.78 is 25.9. The lowest BCUT2D eigenvalue weighted by molar-refractivity contribution is 0.506. The van der Waals surface area contributed by atoms with Crippen LogP contribution < -0.4 is 5.73 Å². The third kappa shape index (κ3) is 3.52. The number of rotatable bonds is 4. The van der Waals surface area contributed by atoms with Crippen LogP contribution in [0.2, 0.25) is 0 Å². The number of halogens is 2. The topological polar surface area (TPSA) is 38.9 Å². The van der Waals surface area contributed by atoms with Crippen LogP contribution in [0.15, 0.2) is 46.3 Å². The van der Waals surface area contributed by atoms with Crippen LogP contribution in [-0.4, -0.2) is 4.98 Å². The van der Waals surface area contributed by atoms with E-state index in [4.69, 9.17) is 5.73 Å². The maximum Gasteiger partial charge on any atom is 0.159 e. The van der Waals surface area contributed by atoms with Crippen LogP contribution in [0.1, 0.15) is 25.1 Å². The van der Waals surface area contributed by atoms with Crippen molar-refractivity contribution >= 4 is 11.8 Å². The zero-order chi connectivity index (χ0) is 13.8. The first kappa shape index (κ1) is 14.0. The number of hydrogen-bond donors (Lipinski definition) is 1. The monoisotopic (exact) mass is 280 g/mol. The van der Waals surface area contributed by atoms with E-state index in [2.05, 4.69) is 4.98 Å². The van der Waals surface area contributed by atoms with Gasteiger partial charge in [-0.15, -0.1) is 0 Å². The van der Waals surface area contributed by atoms with Gasteiger partial charge in [-0.2, -0.15) is 0 Å². The van der Waals surface area contributed by atoms with Gasteiger partial charge in [0.1, 0.15) is 0 Å². The molecule has 0 saturated heterocycles. The normalized spacial score (nSPS) is 12.4. The van der Waals surface area contributed by atoms with E-state index < -0.39 is 11.6 Å². The standard InChI is InChI=1S/C14H14F2N2S/c1-2-13(17)14-6-4-10(8-18-14)19-9-3-5-11(15)12(16)7-9/h3-8,13H,2,17H2,1H3/t13-/m1/s1. The minimum atomic E-state index is -0.845. The molecular weight excluding hydrogens is 266 g/mol. The second-order valence-electron chi connectivity index (χ2n) is 4.11. The summed E-state index contributed by atoms with van der Waals surface area (Å²) in [6.45, 7) is 2.00. The Hall–Kier alpha value is -1.46. The van der Waals surface area contributed by atoms with E-state index in [1.807, 2.05) is 19.1 Å². The van der Waals surface area contributed by atoms with Gasteiger partial charge in [0.2, 0.25) is 0 Å². The highest BCUT2D eigenvalue weighted by atomic mass is 32.2. The van der Waals surface area contributed by atoms with Crippen molar-refractivity contribution in [1.82, 2.24) is 4.98 Å². The van der Waals surface area contributed by atoms with Crippen molar-refractivity contribution in [2.75, 3.05) is 0 Å². The molecule has 0 amide bonds. The van der Waals surface area contributed by atoms with E-state index in [0.29, 0.717) is 4.90 Å². The van der Waals surface area contributed by atoms with E-state index in [9.17, 15) is 8.78 Å². The third-order valence-electron chi connectivity index (χ3n) is 2.71. The molecule has 0 aliphatic rings. The van der Waals surface area contributed by atoms with Crippen LogP contribution in [-0.2, 0) is 0 Å². The molecule has 0 radical (unpaired) electrons. The predicted octanol–water partition coefficient (Wildman–Crippen LogP) is 3.92. The minimum Gasteiger partial charge on any atom is -0.323 e. The zero-order valence-corrected chi connectivity index (χ0v) is 11.3. The summed E-state index contributed by atoms with van der Waals surface area (Å²) in [4.78, 5) is 5.76. The van der Waals surface area contributed by atoms with Gasteiger partial charge in [0.15, 0.2) is 11.6 Å². The highest BCUT2D eigenvalue weighted by molar-refractivity contribution is 7.99. The third-order valence-corrected chi connectivity index (χ3v) is 3.67. The van der Waals surface area contributed by atoms with E-state index in [-0.39, 0.29) is 6.04 Å². The average molecular weight is 280 g/mol. The predicted molar refractivity (Wildman–Crippen MR) is 71.9 cm³/mol. The second kappa shape index (κ2) is 6.12. The summed E-state index contributed by atoms with van der Waals surface area (Å²) in [7, 11) is 0. The number of pyridine rings is 1. The highest BCUT2D eigenvalue weighted by Gasteiger charge is 2.07. The largest absolute Gasteiger partial charge is 0.323 e. The molecule has 0 spiro atoms. The maximum absolute atomic E-state index is 13.1. The average Bonchev–Trinajstić information content (AvgIpc) is 2.43. The maximum atomic E-state index is 13.1. The number of hydrogen-bond acceptors (Lipinski definition) is 3. The smallest absolute Gasteiger partial charge is 0.159 e. The van der Waals surface area contributed by atoms with Gasteiger partial charge < -0.3 is 5.73 Å². The molecule has 1 aromatic carbocycles. The van der Waals surface area contributed by atoms with Gasteiger partial charge in [-0.05, 0) is 36.8 Å². The SMILES string of the molecule is CC[C@@H](N)c1ccc(Sc2ccc(F)c(F)c2)cn1. The van der Waals surface area contributed by atoms with Gasteiger partial charge in [-0.25, -0.2) is 8.78 Å². The number of aromatic nitrogens is 1. The fourth-order valence-corrected chi connectivity index (χ4v) is 2.37. The summed E-state index contributed by atoms with van der Waals surface area (Å²) in [6, 6.07) is 7.50. The zero-order valence-electron chi connectivity index (χ0n) is 10.4. The van der Waals surface area contributed by atoms with Gasteiger partial charge >= 0.3 is 0 Å². The van der Waals surface area contributed by atoms with Crippen molar-refractivity contribution in [3.05, 3.63) is 53.9 Å². The molecule has 2 N–H and O–H groups in total. The number of nitrogens with two attached hydrogens (primary N) is 1. The van der Waals surface area contributed by atoms with Crippen molar-refractivity contribution < 1.29 is 8.78 Å². The van der Waals surface area contributed by atoms with E-state index >= 15 is 0 Å². The molecule has 1 atom stereocenters. The van der Waals surface area contributed by atoms with Crippen molar-refractivity contribution in [3.8, 4) is 0 Å². The van der Waals surface area contributed by atoms with Crippen LogP contribution in [0.4, 0.5) is 8.78 Å². The van der Waals surface area contributed by atoms with Gasteiger partial charge in [-0.3, -0.25) is 4.98 Å². The Labute approximate surface area is 115 Å². The fourth-order valence-electron chi connectivity index (χ4n) is 1.56. The summed E-state index contributed by atoms with van der Waals surface area (Å²) >= 11 is 1.33.